The molecule has 0 saturated carbocycles. The first kappa shape index (κ1) is 21.8. The molecule has 5 aromatic carbocycles. The Kier molecular flexibility index (Phi) is 4.90. The maximum atomic E-state index is 4.73. The Labute approximate surface area is 217 Å². The van der Waals surface area contributed by atoms with Gasteiger partial charge in [0.1, 0.15) is 0 Å². The van der Waals surface area contributed by atoms with E-state index in [-0.39, 0.29) is 5.41 Å². The van der Waals surface area contributed by atoms with Crippen LogP contribution >= 0.6 is 0 Å². The van der Waals surface area contributed by atoms with Crippen molar-refractivity contribution in [1.29, 1.82) is 0 Å². The molecule has 0 radical (unpaired) electrons. The molecule has 0 N–H and O–H groups in total. The number of hydrogen-bond acceptors (Lipinski definition) is 1. The van der Waals surface area contributed by atoms with E-state index in [0.29, 0.717) is 6.54 Å². The number of hydrogen-bond donors (Lipinski definition) is 0. The van der Waals surface area contributed by atoms with Crippen molar-refractivity contribution in [2.75, 3.05) is 0 Å². The molecule has 0 aliphatic heterocycles. The molecule has 1 aromatic heterocycles. The summed E-state index contributed by atoms with van der Waals surface area (Å²) in [6.45, 7) is 5.34. The quantitative estimate of drug-likeness (QED) is 0.226. The van der Waals surface area contributed by atoms with Gasteiger partial charge < -0.3 is 4.57 Å². The normalized spacial score (nSPS) is 13.9. The Hall–Kier alpha value is -4.43. The molecule has 0 unspecified atom stereocenters. The van der Waals surface area contributed by atoms with E-state index < -0.39 is 0 Å². The van der Waals surface area contributed by atoms with Crippen molar-refractivity contribution in [2.24, 2.45) is 4.99 Å². The third-order valence-corrected chi connectivity index (χ3v) is 7.86. The first-order valence-electron chi connectivity index (χ1n) is 12.9. The number of para-hydroxylation sites is 1. The molecule has 1 heterocycles. The van der Waals surface area contributed by atoms with Crippen LogP contribution in [0.5, 0.6) is 0 Å². The molecular formula is C35H28N2. The Morgan fingerprint density at radius 2 is 1.49 bits per heavy atom. The highest BCUT2D eigenvalue weighted by atomic mass is 15.0. The number of rotatable bonds is 4. The third-order valence-electron chi connectivity index (χ3n) is 7.86. The summed E-state index contributed by atoms with van der Waals surface area (Å²) in [4.78, 5) is 4.73. The van der Waals surface area contributed by atoms with Crippen LogP contribution in [0.2, 0.25) is 0 Å². The van der Waals surface area contributed by atoms with Crippen LogP contribution in [0.1, 0.15) is 36.1 Å². The smallest absolute Gasteiger partial charge is 0.0640 e. The molecule has 1 aliphatic rings. The predicted molar refractivity (Wildman–Crippen MR) is 156 cm³/mol. The van der Waals surface area contributed by atoms with E-state index in [1.54, 1.807) is 0 Å². The molecule has 0 saturated heterocycles. The third kappa shape index (κ3) is 3.37. The van der Waals surface area contributed by atoms with Crippen LogP contribution in [-0.2, 0) is 12.0 Å². The summed E-state index contributed by atoms with van der Waals surface area (Å²) in [5.41, 5.74) is 11.5. The fourth-order valence-electron chi connectivity index (χ4n) is 6.10. The summed E-state index contributed by atoms with van der Waals surface area (Å²) in [5, 5.41) is 2.59. The van der Waals surface area contributed by atoms with Crippen LogP contribution in [-0.4, -0.2) is 10.8 Å². The van der Waals surface area contributed by atoms with Gasteiger partial charge in [-0.2, -0.15) is 0 Å². The topological polar surface area (TPSA) is 17.3 Å². The second-order valence-corrected chi connectivity index (χ2v) is 10.5. The van der Waals surface area contributed by atoms with Gasteiger partial charge in [0.15, 0.2) is 0 Å². The van der Waals surface area contributed by atoms with Crippen LogP contribution in [0.3, 0.4) is 0 Å². The second kappa shape index (κ2) is 8.31. The molecule has 0 atom stereocenters. The van der Waals surface area contributed by atoms with E-state index >= 15 is 0 Å². The van der Waals surface area contributed by atoms with E-state index in [2.05, 4.69) is 115 Å². The molecule has 0 fully saturated rings. The molecule has 0 bridgehead atoms. The fourth-order valence-corrected chi connectivity index (χ4v) is 6.10. The molecule has 37 heavy (non-hydrogen) atoms. The fraction of sp³-hybridized carbons (Fsp3) is 0.114. The Balaban J connectivity index is 1.45. The lowest BCUT2D eigenvalue weighted by Crippen LogP contribution is -2.14. The molecule has 178 valence electrons. The van der Waals surface area contributed by atoms with Crippen molar-refractivity contribution in [3.8, 4) is 16.8 Å². The summed E-state index contributed by atoms with van der Waals surface area (Å²) in [6.07, 6.45) is 1.96. The molecule has 1 aliphatic carbocycles. The summed E-state index contributed by atoms with van der Waals surface area (Å²) in [6, 6.07) is 41.5. The molecule has 0 spiro atoms. The number of fused-ring (bicyclic) bond motifs is 7. The minimum atomic E-state index is -0.0323. The zero-order valence-corrected chi connectivity index (χ0v) is 21.1. The van der Waals surface area contributed by atoms with Gasteiger partial charge in [0, 0.05) is 33.7 Å². The van der Waals surface area contributed by atoms with E-state index in [1.807, 2.05) is 24.4 Å². The van der Waals surface area contributed by atoms with E-state index in [1.165, 1.54) is 55.3 Å². The lowest BCUT2D eigenvalue weighted by Gasteiger charge is -2.21. The van der Waals surface area contributed by atoms with Gasteiger partial charge in [-0.25, -0.2) is 0 Å². The number of nitrogens with zero attached hydrogens (tertiary/aromatic N) is 2. The summed E-state index contributed by atoms with van der Waals surface area (Å²) < 4.78 is 2.46. The SMILES string of the molecule is CC1(C)c2ccccc2-c2c1ccc1c3ccccc3n(-c3cccc(CN=Cc4ccccc4)c3)c21. The largest absolute Gasteiger partial charge is 0.309 e. The molecular weight excluding hydrogens is 448 g/mol. The van der Waals surface area contributed by atoms with Crippen LogP contribution < -0.4 is 0 Å². The lowest BCUT2D eigenvalue weighted by atomic mass is 9.82. The summed E-state index contributed by atoms with van der Waals surface area (Å²) >= 11 is 0. The summed E-state index contributed by atoms with van der Waals surface area (Å²) in [5.74, 6) is 0. The van der Waals surface area contributed by atoms with Crippen LogP contribution in [0.4, 0.5) is 0 Å². The zero-order valence-electron chi connectivity index (χ0n) is 21.1. The summed E-state index contributed by atoms with van der Waals surface area (Å²) in [7, 11) is 0. The predicted octanol–water partition coefficient (Wildman–Crippen LogP) is 8.71. The van der Waals surface area contributed by atoms with E-state index in [4.69, 9.17) is 4.99 Å². The number of aromatic nitrogens is 1. The molecule has 2 nitrogen and oxygen atoms in total. The van der Waals surface area contributed by atoms with Gasteiger partial charge in [-0.1, -0.05) is 111 Å². The van der Waals surface area contributed by atoms with Crippen molar-refractivity contribution in [1.82, 2.24) is 4.57 Å². The van der Waals surface area contributed by atoms with Crippen molar-refractivity contribution in [2.45, 2.75) is 25.8 Å². The van der Waals surface area contributed by atoms with Gasteiger partial charge in [0.05, 0.1) is 17.6 Å². The lowest BCUT2D eigenvalue weighted by molar-refractivity contribution is 0.661. The minimum absolute atomic E-state index is 0.0323. The highest BCUT2D eigenvalue weighted by Crippen LogP contribution is 2.52. The second-order valence-electron chi connectivity index (χ2n) is 10.5. The molecule has 2 heteroatoms. The standard InChI is InChI=1S/C35H28N2/c1-35(2)30-17-8-6-16-29(30)33-31(35)20-19-28-27-15-7-9-18-32(27)37(34(28)33)26-14-10-13-25(21-26)23-36-22-24-11-4-3-5-12-24/h3-22H,23H2,1-2H3. The molecule has 6 aromatic rings. The monoisotopic (exact) mass is 476 g/mol. The number of benzene rings is 5. The molecule has 7 rings (SSSR count). The zero-order chi connectivity index (χ0) is 25.0. The van der Waals surface area contributed by atoms with Crippen molar-refractivity contribution >= 4 is 28.0 Å². The van der Waals surface area contributed by atoms with E-state index in [9.17, 15) is 0 Å². The first-order chi connectivity index (χ1) is 18.1. The van der Waals surface area contributed by atoms with Gasteiger partial charge in [-0.3, -0.25) is 4.99 Å². The van der Waals surface area contributed by atoms with Crippen LogP contribution in [0.25, 0.3) is 38.6 Å². The number of aliphatic imine (C=N–C) groups is 1. The van der Waals surface area contributed by atoms with Crippen LogP contribution in [0.15, 0.2) is 120 Å². The average Bonchev–Trinajstić information content (AvgIpc) is 3.39. The van der Waals surface area contributed by atoms with E-state index in [0.717, 1.165) is 5.56 Å². The molecule has 0 amide bonds. The Morgan fingerprint density at radius 1 is 0.703 bits per heavy atom. The highest BCUT2D eigenvalue weighted by molar-refractivity contribution is 6.15. The van der Waals surface area contributed by atoms with Crippen LogP contribution in [0, 0.1) is 0 Å². The van der Waals surface area contributed by atoms with Gasteiger partial charge in [0.25, 0.3) is 0 Å². The van der Waals surface area contributed by atoms with Crippen molar-refractivity contribution in [3.05, 3.63) is 138 Å². The van der Waals surface area contributed by atoms with Crippen molar-refractivity contribution < 1.29 is 0 Å². The first-order valence-corrected chi connectivity index (χ1v) is 12.9. The van der Waals surface area contributed by atoms with Gasteiger partial charge in [-0.05, 0) is 46.0 Å². The average molecular weight is 477 g/mol. The minimum Gasteiger partial charge on any atom is -0.309 e. The van der Waals surface area contributed by atoms with Gasteiger partial charge in [-0.15, -0.1) is 0 Å². The Bertz CT molecular complexity index is 1820. The maximum absolute atomic E-state index is 4.73. The Morgan fingerprint density at radius 3 is 2.38 bits per heavy atom. The van der Waals surface area contributed by atoms with Crippen molar-refractivity contribution in [3.63, 3.8) is 0 Å². The van der Waals surface area contributed by atoms with Gasteiger partial charge in [0.2, 0.25) is 0 Å². The highest BCUT2D eigenvalue weighted by Gasteiger charge is 2.37. The van der Waals surface area contributed by atoms with Gasteiger partial charge >= 0.3 is 0 Å². The maximum Gasteiger partial charge on any atom is 0.0640 e.